The Hall–Kier alpha value is -2.12. The van der Waals surface area contributed by atoms with Crippen LogP contribution in [0.2, 0.25) is 0 Å². The van der Waals surface area contributed by atoms with Crippen molar-refractivity contribution in [2.75, 3.05) is 6.54 Å². The number of carboxylic acid groups (broad SMARTS) is 1. The Morgan fingerprint density at radius 2 is 2.28 bits per heavy atom. The zero-order valence-corrected chi connectivity index (χ0v) is 10.4. The van der Waals surface area contributed by atoms with Crippen LogP contribution in [0.25, 0.3) is 0 Å². The van der Waals surface area contributed by atoms with E-state index in [0.717, 1.165) is 6.42 Å². The number of rotatable bonds is 6. The van der Waals surface area contributed by atoms with Gasteiger partial charge < -0.3 is 15.7 Å². The minimum atomic E-state index is -1.12. The SMILES string of the molecule is CCC(C)NC(=O)NCCn1cc(C(=O)O)nn1. The van der Waals surface area contributed by atoms with Gasteiger partial charge in [0.15, 0.2) is 5.69 Å². The largest absolute Gasteiger partial charge is 0.476 e. The Balaban J connectivity index is 2.28. The number of nitrogens with one attached hydrogen (secondary N) is 2. The van der Waals surface area contributed by atoms with Crippen LogP contribution in [0.15, 0.2) is 6.20 Å². The van der Waals surface area contributed by atoms with E-state index < -0.39 is 5.97 Å². The van der Waals surface area contributed by atoms with Gasteiger partial charge in [0, 0.05) is 12.6 Å². The zero-order valence-electron chi connectivity index (χ0n) is 10.4. The first kappa shape index (κ1) is 13.9. The summed E-state index contributed by atoms with van der Waals surface area (Å²) in [5.74, 6) is -1.12. The van der Waals surface area contributed by atoms with Gasteiger partial charge in [0.25, 0.3) is 0 Å². The summed E-state index contributed by atoms with van der Waals surface area (Å²) in [7, 11) is 0. The Morgan fingerprint density at radius 3 is 2.83 bits per heavy atom. The Morgan fingerprint density at radius 1 is 1.56 bits per heavy atom. The van der Waals surface area contributed by atoms with Crippen molar-refractivity contribution in [2.24, 2.45) is 0 Å². The summed E-state index contributed by atoms with van der Waals surface area (Å²) in [5.41, 5.74) is -0.112. The molecular formula is C10H17N5O3. The van der Waals surface area contributed by atoms with Gasteiger partial charge in [-0.15, -0.1) is 5.10 Å². The van der Waals surface area contributed by atoms with Crippen LogP contribution in [0.3, 0.4) is 0 Å². The highest BCUT2D eigenvalue weighted by Crippen LogP contribution is 1.92. The molecule has 1 unspecified atom stereocenters. The van der Waals surface area contributed by atoms with Crippen LogP contribution in [0.5, 0.6) is 0 Å². The molecule has 0 bridgehead atoms. The van der Waals surface area contributed by atoms with Gasteiger partial charge in [-0.3, -0.25) is 0 Å². The molecule has 8 heteroatoms. The second-order valence-corrected chi connectivity index (χ2v) is 3.88. The third kappa shape index (κ3) is 4.40. The van der Waals surface area contributed by atoms with Gasteiger partial charge in [0.1, 0.15) is 0 Å². The quantitative estimate of drug-likeness (QED) is 0.666. The first-order chi connectivity index (χ1) is 8.52. The Bertz CT molecular complexity index is 417. The molecule has 3 N–H and O–H groups in total. The molecular weight excluding hydrogens is 238 g/mol. The Kier molecular flexibility index (Phi) is 5.09. The predicted molar refractivity (Wildman–Crippen MR) is 63.3 cm³/mol. The standard InChI is InChI=1S/C10H17N5O3/c1-3-7(2)12-10(18)11-4-5-15-6-8(9(16)17)13-14-15/h6-7H,3-5H2,1-2H3,(H,16,17)(H2,11,12,18). The van der Waals surface area contributed by atoms with Crippen molar-refractivity contribution < 1.29 is 14.7 Å². The van der Waals surface area contributed by atoms with Crippen LogP contribution in [0.4, 0.5) is 4.79 Å². The normalized spacial score (nSPS) is 11.9. The highest BCUT2D eigenvalue weighted by atomic mass is 16.4. The maximum absolute atomic E-state index is 11.4. The van der Waals surface area contributed by atoms with E-state index in [0.29, 0.717) is 13.1 Å². The molecule has 0 saturated carbocycles. The van der Waals surface area contributed by atoms with Crippen molar-refractivity contribution in [3.8, 4) is 0 Å². The van der Waals surface area contributed by atoms with Crippen molar-refractivity contribution in [2.45, 2.75) is 32.9 Å². The second kappa shape index (κ2) is 6.58. The number of carboxylic acids is 1. The van der Waals surface area contributed by atoms with Gasteiger partial charge >= 0.3 is 12.0 Å². The molecule has 2 amide bonds. The molecule has 0 aliphatic rings. The summed E-state index contributed by atoms with van der Waals surface area (Å²) >= 11 is 0. The van der Waals surface area contributed by atoms with Crippen LogP contribution in [0, 0.1) is 0 Å². The fourth-order valence-electron chi connectivity index (χ4n) is 1.17. The van der Waals surface area contributed by atoms with Crippen LogP contribution < -0.4 is 10.6 Å². The maximum atomic E-state index is 11.4. The summed E-state index contributed by atoms with van der Waals surface area (Å²) in [6, 6.07) is -0.127. The van der Waals surface area contributed by atoms with E-state index in [2.05, 4.69) is 20.9 Å². The lowest BCUT2D eigenvalue weighted by molar-refractivity contribution is 0.0690. The third-order valence-electron chi connectivity index (χ3n) is 2.37. The van der Waals surface area contributed by atoms with Crippen molar-refractivity contribution >= 4 is 12.0 Å². The number of nitrogens with zero attached hydrogens (tertiary/aromatic N) is 3. The summed E-state index contributed by atoms with van der Waals surface area (Å²) in [4.78, 5) is 21.9. The lowest BCUT2D eigenvalue weighted by Crippen LogP contribution is -2.41. The molecule has 1 atom stereocenters. The lowest BCUT2D eigenvalue weighted by Gasteiger charge is -2.12. The molecule has 0 aromatic carbocycles. The molecule has 1 rings (SSSR count). The molecule has 1 heterocycles. The average Bonchev–Trinajstić information content (AvgIpc) is 2.77. The summed E-state index contributed by atoms with van der Waals surface area (Å²) in [6.45, 7) is 4.61. The topological polar surface area (TPSA) is 109 Å². The first-order valence-corrected chi connectivity index (χ1v) is 5.70. The highest BCUT2D eigenvalue weighted by molar-refractivity contribution is 5.84. The minimum Gasteiger partial charge on any atom is -0.476 e. The summed E-state index contributed by atoms with van der Waals surface area (Å²) < 4.78 is 1.37. The molecule has 0 spiro atoms. The number of carbonyl (C=O) groups excluding carboxylic acids is 1. The van der Waals surface area contributed by atoms with Gasteiger partial charge in [0.05, 0.1) is 12.7 Å². The van der Waals surface area contributed by atoms with Crippen LogP contribution in [-0.4, -0.2) is 44.7 Å². The highest BCUT2D eigenvalue weighted by Gasteiger charge is 2.08. The first-order valence-electron chi connectivity index (χ1n) is 5.70. The van der Waals surface area contributed by atoms with E-state index in [4.69, 9.17) is 5.11 Å². The van der Waals surface area contributed by atoms with E-state index in [-0.39, 0.29) is 17.8 Å². The minimum absolute atomic E-state index is 0.112. The van der Waals surface area contributed by atoms with Crippen molar-refractivity contribution in [3.63, 3.8) is 0 Å². The zero-order chi connectivity index (χ0) is 13.5. The molecule has 0 aliphatic heterocycles. The molecule has 1 aromatic heterocycles. The maximum Gasteiger partial charge on any atom is 0.358 e. The molecule has 0 fully saturated rings. The number of hydrogen-bond donors (Lipinski definition) is 3. The number of urea groups is 1. The van der Waals surface area contributed by atoms with Crippen molar-refractivity contribution in [1.29, 1.82) is 0 Å². The lowest BCUT2D eigenvalue weighted by atomic mass is 10.3. The Labute approximate surface area is 104 Å². The van der Waals surface area contributed by atoms with E-state index >= 15 is 0 Å². The smallest absolute Gasteiger partial charge is 0.358 e. The monoisotopic (exact) mass is 255 g/mol. The molecule has 0 saturated heterocycles. The van der Waals surface area contributed by atoms with E-state index in [1.54, 1.807) is 0 Å². The predicted octanol–water partition coefficient (Wildman–Crippen LogP) is 0.0740. The van der Waals surface area contributed by atoms with Crippen LogP contribution in [0.1, 0.15) is 30.8 Å². The molecule has 0 aliphatic carbocycles. The summed E-state index contributed by atoms with van der Waals surface area (Å²) in [6.07, 6.45) is 2.18. The number of hydrogen-bond acceptors (Lipinski definition) is 4. The average molecular weight is 255 g/mol. The molecule has 100 valence electrons. The van der Waals surface area contributed by atoms with E-state index in [1.165, 1.54) is 10.9 Å². The van der Waals surface area contributed by atoms with Crippen molar-refractivity contribution in [1.82, 2.24) is 25.6 Å². The van der Waals surface area contributed by atoms with Crippen LogP contribution in [-0.2, 0) is 6.54 Å². The fraction of sp³-hybridized carbons (Fsp3) is 0.600. The van der Waals surface area contributed by atoms with Gasteiger partial charge in [-0.05, 0) is 13.3 Å². The molecule has 0 radical (unpaired) electrons. The van der Waals surface area contributed by atoms with E-state index in [9.17, 15) is 9.59 Å². The van der Waals surface area contributed by atoms with Crippen LogP contribution >= 0.6 is 0 Å². The van der Waals surface area contributed by atoms with Gasteiger partial charge in [0.2, 0.25) is 0 Å². The van der Waals surface area contributed by atoms with Gasteiger partial charge in [-0.25, -0.2) is 14.3 Å². The summed E-state index contributed by atoms with van der Waals surface area (Å²) in [5, 5.41) is 21.1. The number of aromatic carboxylic acids is 1. The molecule has 18 heavy (non-hydrogen) atoms. The molecule has 8 nitrogen and oxygen atoms in total. The second-order valence-electron chi connectivity index (χ2n) is 3.88. The molecule has 1 aromatic rings. The third-order valence-corrected chi connectivity index (χ3v) is 2.37. The number of amides is 2. The number of carbonyl (C=O) groups is 2. The number of aromatic nitrogens is 3. The van der Waals surface area contributed by atoms with Crippen molar-refractivity contribution in [3.05, 3.63) is 11.9 Å². The van der Waals surface area contributed by atoms with E-state index in [1.807, 2.05) is 13.8 Å². The van der Waals surface area contributed by atoms with Gasteiger partial charge in [-0.1, -0.05) is 12.1 Å². The van der Waals surface area contributed by atoms with Gasteiger partial charge in [-0.2, -0.15) is 0 Å². The fourth-order valence-corrected chi connectivity index (χ4v) is 1.17.